The smallest absolute Gasteiger partial charge is 0.239 e. The minimum absolute atomic E-state index is 0.0805. The molecule has 1 saturated heterocycles. The molecule has 3 atom stereocenters. The summed E-state index contributed by atoms with van der Waals surface area (Å²) in [5, 5.41) is 12.6. The molecule has 1 saturated carbocycles. The summed E-state index contributed by atoms with van der Waals surface area (Å²) in [5.74, 6) is 1.22. The zero-order chi connectivity index (χ0) is 13.0. The maximum Gasteiger partial charge on any atom is 0.239 e. The minimum Gasteiger partial charge on any atom is -0.396 e. The SMILES string of the molecule is CC(NCC1CCCC1CO)C(=O)N1CCCC1. The van der Waals surface area contributed by atoms with Crippen LogP contribution in [0, 0.1) is 11.8 Å². The Hall–Kier alpha value is -0.610. The van der Waals surface area contributed by atoms with Crippen LogP contribution in [0.2, 0.25) is 0 Å². The van der Waals surface area contributed by atoms with Crippen LogP contribution >= 0.6 is 0 Å². The molecule has 1 heterocycles. The van der Waals surface area contributed by atoms with E-state index in [2.05, 4.69) is 5.32 Å². The third-order valence-electron chi connectivity index (χ3n) is 4.53. The second kappa shape index (κ2) is 6.53. The quantitative estimate of drug-likeness (QED) is 0.769. The van der Waals surface area contributed by atoms with Gasteiger partial charge in [-0.3, -0.25) is 4.79 Å². The molecule has 0 bridgehead atoms. The van der Waals surface area contributed by atoms with Crippen molar-refractivity contribution in [1.82, 2.24) is 10.2 Å². The van der Waals surface area contributed by atoms with Gasteiger partial charge in [-0.15, -0.1) is 0 Å². The minimum atomic E-state index is -0.0805. The molecule has 0 aromatic rings. The number of aliphatic hydroxyl groups excluding tert-OH is 1. The average Bonchev–Trinajstić information content (AvgIpc) is 3.05. The molecule has 0 spiro atoms. The van der Waals surface area contributed by atoms with Crippen molar-refractivity contribution in [2.75, 3.05) is 26.2 Å². The highest BCUT2D eigenvalue weighted by Gasteiger charge is 2.28. The van der Waals surface area contributed by atoms with Gasteiger partial charge in [-0.05, 0) is 51.0 Å². The molecular formula is C14H26N2O2. The van der Waals surface area contributed by atoms with E-state index in [1.165, 1.54) is 12.8 Å². The summed E-state index contributed by atoms with van der Waals surface area (Å²) >= 11 is 0. The first-order valence-corrected chi connectivity index (χ1v) is 7.35. The topological polar surface area (TPSA) is 52.6 Å². The van der Waals surface area contributed by atoms with Crippen molar-refractivity contribution >= 4 is 5.91 Å². The highest BCUT2D eigenvalue weighted by Crippen LogP contribution is 2.30. The lowest BCUT2D eigenvalue weighted by Gasteiger charge is -2.24. The summed E-state index contributed by atoms with van der Waals surface area (Å²) in [4.78, 5) is 14.1. The first-order valence-electron chi connectivity index (χ1n) is 7.35. The van der Waals surface area contributed by atoms with Crippen molar-refractivity contribution in [3.8, 4) is 0 Å². The van der Waals surface area contributed by atoms with Gasteiger partial charge in [0, 0.05) is 19.7 Å². The molecule has 2 rings (SSSR count). The van der Waals surface area contributed by atoms with E-state index in [0.29, 0.717) is 18.4 Å². The van der Waals surface area contributed by atoms with E-state index in [1.54, 1.807) is 0 Å². The third-order valence-corrected chi connectivity index (χ3v) is 4.53. The third kappa shape index (κ3) is 3.23. The molecule has 0 aromatic carbocycles. The van der Waals surface area contributed by atoms with E-state index in [9.17, 15) is 9.90 Å². The zero-order valence-corrected chi connectivity index (χ0v) is 11.4. The Bertz CT molecular complexity index is 277. The first kappa shape index (κ1) is 13.8. The first-order chi connectivity index (χ1) is 8.72. The molecule has 1 aliphatic heterocycles. The maximum atomic E-state index is 12.1. The molecule has 0 aromatic heterocycles. The number of nitrogens with one attached hydrogen (secondary N) is 1. The molecule has 4 nitrogen and oxygen atoms in total. The Kier molecular flexibility index (Phi) is 5.01. The van der Waals surface area contributed by atoms with Gasteiger partial charge >= 0.3 is 0 Å². The monoisotopic (exact) mass is 254 g/mol. The van der Waals surface area contributed by atoms with Gasteiger partial charge in [0.25, 0.3) is 0 Å². The van der Waals surface area contributed by atoms with Crippen molar-refractivity contribution in [3.63, 3.8) is 0 Å². The number of amides is 1. The number of aliphatic hydroxyl groups is 1. The van der Waals surface area contributed by atoms with Crippen LogP contribution in [0.5, 0.6) is 0 Å². The fraction of sp³-hybridized carbons (Fsp3) is 0.929. The lowest BCUT2D eigenvalue weighted by Crippen LogP contribution is -2.45. The molecule has 1 aliphatic carbocycles. The summed E-state index contributed by atoms with van der Waals surface area (Å²) in [5.41, 5.74) is 0. The molecule has 4 heteroatoms. The Morgan fingerprint density at radius 1 is 1.28 bits per heavy atom. The second-order valence-electron chi connectivity index (χ2n) is 5.80. The van der Waals surface area contributed by atoms with Gasteiger partial charge in [-0.25, -0.2) is 0 Å². The van der Waals surface area contributed by atoms with Crippen molar-refractivity contribution in [2.24, 2.45) is 11.8 Å². The largest absolute Gasteiger partial charge is 0.396 e. The summed E-state index contributed by atoms with van der Waals surface area (Å²) < 4.78 is 0. The van der Waals surface area contributed by atoms with E-state index in [-0.39, 0.29) is 11.9 Å². The van der Waals surface area contributed by atoms with Crippen LogP contribution in [-0.4, -0.2) is 48.2 Å². The van der Waals surface area contributed by atoms with E-state index in [4.69, 9.17) is 0 Å². The highest BCUT2D eigenvalue weighted by molar-refractivity contribution is 5.81. The number of carbonyl (C=O) groups excluding carboxylic acids is 1. The predicted molar refractivity (Wildman–Crippen MR) is 71.2 cm³/mol. The standard InChI is InChI=1S/C14H26N2O2/c1-11(14(18)16-7-2-3-8-16)15-9-12-5-4-6-13(12)10-17/h11-13,15,17H,2-10H2,1H3. The summed E-state index contributed by atoms with van der Waals surface area (Å²) in [6.07, 6.45) is 5.83. The van der Waals surface area contributed by atoms with Crippen LogP contribution in [0.4, 0.5) is 0 Å². The van der Waals surface area contributed by atoms with E-state index < -0.39 is 0 Å². The zero-order valence-electron chi connectivity index (χ0n) is 11.4. The van der Waals surface area contributed by atoms with Gasteiger partial charge < -0.3 is 15.3 Å². The predicted octanol–water partition coefficient (Wildman–Crippen LogP) is 0.995. The van der Waals surface area contributed by atoms with E-state index >= 15 is 0 Å². The molecule has 2 aliphatic rings. The van der Waals surface area contributed by atoms with Gasteiger partial charge in [-0.1, -0.05) is 6.42 Å². The fourth-order valence-electron chi connectivity index (χ4n) is 3.25. The number of hydrogen-bond acceptors (Lipinski definition) is 3. The van der Waals surface area contributed by atoms with Crippen LogP contribution in [-0.2, 0) is 4.79 Å². The summed E-state index contributed by atoms with van der Waals surface area (Å²) in [7, 11) is 0. The number of likely N-dealkylation sites (tertiary alicyclic amines) is 1. The molecule has 104 valence electrons. The van der Waals surface area contributed by atoms with Gasteiger partial charge in [0.1, 0.15) is 0 Å². The lowest BCUT2D eigenvalue weighted by atomic mass is 9.97. The Labute approximate surface area is 110 Å². The number of carbonyl (C=O) groups is 1. The molecule has 0 radical (unpaired) electrons. The van der Waals surface area contributed by atoms with E-state index in [0.717, 1.165) is 38.9 Å². The Morgan fingerprint density at radius 2 is 1.94 bits per heavy atom. The number of rotatable bonds is 5. The van der Waals surface area contributed by atoms with Crippen LogP contribution in [0.15, 0.2) is 0 Å². The molecule has 2 fully saturated rings. The Balaban J connectivity index is 1.73. The second-order valence-corrected chi connectivity index (χ2v) is 5.80. The van der Waals surface area contributed by atoms with Crippen LogP contribution in [0.25, 0.3) is 0 Å². The molecule has 1 amide bonds. The van der Waals surface area contributed by atoms with Crippen LogP contribution < -0.4 is 5.32 Å². The van der Waals surface area contributed by atoms with Gasteiger partial charge in [0.05, 0.1) is 6.04 Å². The van der Waals surface area contributed by atoms with Crippen molar-refractivity contribution in [1.29, 1.82) is 0 Å². The molecular weight excluding hydrogens is 228 g/mol. The van der Waals surface area contributed by atoms with Crippen molar-refractivity contribution in [3.05, 3.63) is 0 Å². The van der Waals surface area contributed by atoms with Gasteiger partial charge in [0.15, 0.2) is 0 Å². The van der Waals surface area contributed by atoms with Crippen molar-refractivity contribution < 1.29 is 9.90 Å². The van der Waals surface area contributed by atoms with Crippen LogP contribution in [0.1, 0.15) is 39.0 Å². The number of hydrogen-bond donors (Lipinski definition) is 2. The fourth-order valence-corrected chi connectivity index (χ4v) is 3.25. The van der Waals surface area contributed by atoms with Gasteiger partial charge in [0.2, 0.25) is 5.91 Å². The maximum absolute atomic E-state index is 12.1. The number of nitrogens with zero attached hydrogens (tertiary/aromatic N) is 1. The summed E-state index contributed by atoms with van der Waals surface area (Å²) in [6, 6.07) is -0.0805. The highest BCUT2D eigenvalue weighted by atomic mass is 16.3. The molecule has 18 heavy (non-hydrogen) atoms. The molecule has 3 unspecified atom stereocenters. The van der Waals surface area contributed by atoms with Crippen molar-refractivity contribution in [2.45, 2.75) is 45.1 Å². The average molecular weight is 254 g/mol. The normalized spacial score (nSPS) is 29.8. The molecule has 2 N–H and O–H groups in total. The van der Waals surface area contributed by atoms with Crippen LogP contribution in [0.3, 0.4) is 0 Å². The lowest BCUT2D eigenvalue weighted by molar-refractivity contribution is -0.132. The summed E-state index contributed by atoms with van der Waals surface area (Å²) in [6.45, 7) is 4.97. The van der Waals surface area contributed by atoms with Gasteiger partial charge in [-0.2, -0.15) is 0 Å². The Morgan fingerprint density at radius 3 is 2.61 bits per heavy atom. The van der Waals surface area contributed by atoms with E-state index in [1.807, 2.05) is 11.8 Å².